The molecule has 0 saturated carbocycles. The number of carbonyl (C=O) groups is 2. The van der Waals surface area contributed by atoms with Gasteiger partial charge in [0.1, 0.15) is 6.26 Å². The fourth-order valence-electron chi connectivity index (χ4n) is 2.00. The maximum Gasteiger partial charge on any atom is 0.273 e. The first kappa shape index (κ1) is 17.0. The van der Waals surface area contributed by atoms with Gasteiger partial charge >= 0.3 is 0 Å². The van der Waals surface area contributed by atoms with Gasteiger partial charge in [0.25, 0.3) is 11.8 Å². The summed E-state index contributed by atoms with van der Waals surface area (Å²) in [5, 5.41) is 3.21. The van der Waals surface area contributed by atoms with Gasteiger partial charge in [-0.1, -0.05) is 11.6 Å². The Morgan fingerprint density at radius 2 is 1.96 bits per heavy atom. The molecule has 2 aromatic rings. The normalized spacial score (nSPS) is 10.4. The monoisotopic (exact) mass is 335 g/mol. The number of nitrogens with zero attached hydrogens (tertiary/aromatic N) is 2. The zero-order chi connectivity index (χ0) is 16.8. The van der Waals surface area contributed by atoms with E-state index in [0.29, 0.717) is 29.6 Å². The number of amides is 2. The van der Waals surface area contributed by atoms with Crippen LogP contribution in [0.2, 0.25) is 5.02 Å². The van der Waals surface area contributed by atoms with Crippen molar-refractivity contribution >= 4 is 23.4 Å². The molecule has 0 spiro atoms. The Morgan fingerprint density at radius 3 is 2.57 bits per heavy atom. The minimum Gasteiger partial charge on any atom is -0.446 e. The molecule has 0 radical (unpaired) electrons. The van der Waals surface area contributed by atoms with E-state index in [4.69, 9.17) is 16.0 Å². The van der Waals surface area contributed by atoms with Gasteiger partial charge in [0, 0.05) is 23.7 Å². The van der Waals surface area contributed by atoms with Crippen LogP contribution in [-0.2, 0) is 6.54 Å². The highest BCUT2D eigenvalue weighted by atomic mass is 35.5. The molecule has 6 nitrogen and oxygen atoms in total. The first-order valence-electron chi connectivity index (χ1n) is 7.32. The molecule has 0 saturated heterocycles. The summed E-state index contributed by atoms with van der Waals surface area (Å²) < 4.78 is 5.28. The molecule has 2 rings (SSSR count). The molecule has 1 N–H and O–H groups in total. The first-order valence-corrected chi connectivity index (χ1v) is 7.70. The maximum absolute atomic E-state index is 12.5. The average molecular weight is 336 g/mol. The number of oxazole rings is 1. The number of hydrogen-bond acceptors (Lipinski definition) is 4. The highest BCUT2D eigenvalue weighted by molar-refractivity contribution is 6.30. The number of aromatic nitrogens is 1. The molecule has 23 heavy (non-hydrogen) atoms. The van der Waals surface area contributed by atoms with Crippen LogP contribution in [-0.4, -0.2) is 34.8 Å². The van der Waals surface area contributed by atoms with Gasteiger partial charge < -0.3 is 14.6 Å². The van der Waals surface area contributed by atoms with Gasteiger partial charge in [-0.15, -0.1) is 0 Å². The summed E-state index contributed by atoms with van der Waals surface area (Å²) in [7, 11) is 0. The van der Waals surface area contributed by atoms with E-state index in [9.17, 15) is 9.59 Å². The minimum absolute atomic E-state index is 0.151. The van der Waals surface area contributed by atoms with Gasteiger partial charge in [0.15, 0.2) is 5.69 Å². The molecule has 1 aromatic heterocycles. The van der Waals surface area contributed by atoms with E-state index in [1.165, 1.54) is 6.26 Å². The second kappa shape index (κ2) is 7.78. The second-order valence-electron chi connectivity index (χ2n) is 4.81. The van der Waals surface area contributed by atoms with Crippen molar-refractivity contribution in [2.24, 2.45) is 0 Å². The van der Waals surface area contributed by atoms with Gasteiger partial charge in [-0.2, -0.15) is 0 Å². The van der Waals surface area contributed by atoms with Crippen LogP contribution in [0, 0.1) is 0 Å². The van der Waals surface area contributed by atoms with Crippen molar-refractivity contribution in [3.8, 4) is 0 Å². The van der Waals surface area contributed by atoms with Crippen LogP contribution in [0.4, 0.5) is 0 Å². The van der Waals surface area contributed by atoms with E-state index in [1.807, 2.05) is 13.8 Å². The molecule has 0 atom stereocenters. The summed E-state index contributed by atoms with van der Waals surface area (Å²) in [6.45, 7) is 4.87. The van der Waals surface area contributed by atoms with Crippen molar-refractivity contribution in [1.29, 1.82) is 0 Å². The Kier molecular flexibility index (Phi) is 5.76. The Labute approximate surface area is 139 Å². The molecule has 0 aliphatic carbocycles. The van der Waals surface area contributed by atoms with E-state index in [2.05, 4.69) is 10.3 Å². The third-order valence-electron chi connectivity index (χ3n) is 3.21. The molecule has 1 aromatic carbocycles. The predicted octanol–water partition coefficient (Wildman–Crippen LogP) is 2.74. The maximum atomic E-state index is 12.5. The lowest BCUT2D eigenvalue weighted by molar-refractivity contribution is 0.0738. The fourth-order valence-corrected chi connectivity index (χ4v) is 2.13. The molecule has 0 fully saturated rings. The second-order valence-corrected chi connectivity index (χ2v) is 5.25. The zero-order valence-electron chi connectivity index (χ0n) is 13.0. The lowest BCUT2D eigenvalue weighted by Crippen LogP contribution is -2.30. The largest absolute Gasteiger partial charge is 0.446 e. The van der Waals surface area contributed by atoms with Crippen molar-refractivity contribution in [2.75, 3.05) is 13.1 Å². The Bertz CT molecular complexity index is 682. The average Bonchev–Trinajstić information content (AvgIpc) is 3.01. The van der Waals surface area contributed by atoms with Crippen LogP contribution in [0.3, 0.4) is 0 Å². The van der Waals surface area contributed by atoms with Gasteiger partial charge in [0.05, 0.1) is 6.54 Å². The molecule has 7 heteroatoms. The molecular weight excluding hydrogens is 318 g/mol. The number of rotatable bonds is 6. The van der Waals surface area contributed by atoms with E-state index in [0.717, 1.165) is 0 Å². The summed E-state index contributed by atoms with van der Waals surface area (Å²) in [5.41, 5.74) is 0.739. The molecule has 0 bridgehead atoms. The summed E-state index contributed by atoms with van der Waals surface area (Å²) in [5.74, 6) is -0.132. The Hall–Kier alpha value is -2.34. The fraction of sp³-hybridized carbons (Fsp3) is 0.312. The topological polar surface area (TPSA) is 75.4 Å². The quantitative estimate of drug-likeness (QED) is 0.880. The molecule has 0 aliphatic rings. The van der Waals surface area contributed by atoms with Gasteiger partial charge in [0.2, 0.25) is 5.89 Å². The van der Waals surface area contributed by atoms with Crippen LogP contribution in [0.1, 0.15) is 40.6 Å². The first-order chi connectivity index (χ1) is 11.0. The number of carbonyl (C=O) groups excluding carboxylic acids is 2. The number of halogens is 1. The number of hydrogen-bond donors (Lipinski definition) is 1. The molecule has 122 valence electrons. The van der Waals surface area contributed by atoms with Crippen molar-refractivity contribution in [2.45, 2.75) is 20.4 Å². The highest BCUT2D eigenvalue weighted by Crippen LogP contribution is 2.13. The molecule has 1 heterocycles. The van der Waals surface area contributed by atoms with Gasteiger partial charge in [-0.25, -0.2) is 4.98 Å². The third kappa shape index (κ3) is 4.32. The van der Waals surface area contributed by atoms with Gasteiger partial charge in [-0.3, -0.25) is 9.59 Å². The summed E-state index contributed by atoms with van der Waals surface area (Å²) >= 11 is 5.83. The summed E-state index contributed by atoms with van der Waals surface area (Å²) in [6, 6.07) is 6.67. The van der Waals surface area contributed by atoms with Crippen molar-refractivity contribution < 1.29 is 14.0 Å². The highest BCUT2D eigenvalue weighted by Gasteiger charge is 2.18. The third-order valence-corrected chi connectivity index (χ3v) is 3.46. The Balaban J connectivity index is 2.08. The minimum atomic E-state index is -0.297. The lowest BCUT2D eigenvalue weighted by Gasteiger charge is -2.19. The molecule has 0 unspecified atom stereocenters. The summed E-state index contributed by atoms with van der Waals surface area (Å²) in [4.78, 5) is 29.8. The smallest absolute Gasteiger partial charge is 0.273 e. The van der Waals surface area contributed by atoms with Crippen LogP contribution in [0.5, 0.6) is 0 Å². The lowest BCUT2D eigenvalue weighted by atomic mass is 10.2. The molecule has 0 aliphatic heterocycles. The van der Waals surface area contributed by atoms with Crippen molar-refractivity contribution in [3.05, 3.63) is 52.7 Å². The molecular formula is C16H18ClN3O3. The molecule has 2 amide bonds. The standard InChI is InChI=1S/C16H18ClN3O3/c1-3-18-15(21)13-10-23-14(19-13)9-20(4-2)16(22)11-5-7-12(17)8-6-11/h5-8,10H,3-4,9H2,1-2H3,(H,18,21). The summed E-state index contributed by atoms with van der Waals surface area (Å²) in [6.07, 6.45) is 1.29. The van der Waals surface area contributed by atoms with Crippen LogP contribution in [0.25, 0.3) is 0 Å². The predicted molar refractivity (Wildman–Crippen MR) is 86.4 cm³/mol. The Morgan fingerprint density at radius 1 is 1.26 bits per heavy atom. The number of nitrogens with one attached hydrogen (secondary N) is 1. The number of benzene rings is 1. The van der Waals surface area contributed by atoms with Crippen LogP contribution >= 0.6 is 11.6 Å². The van der Waals surface area contributed by atoms with Crippen molar-refractivity contribution in [3.63, 3.8) is 0 Å². The van der Waals surface area contributed by atoms with Crippen LogP contribution in [0.15, 0.2) is 34.9 Å². The van der Waals surface area contributed by atoms with E-state index >= 15 is 0 Å². The SMILES string of the molecule is CCNC(=O)c1coc(CN(CC)C(=O)c2ccc(Cl)cc2)n1. The van der Waals surface area contributed by atoms with E-state index in [-0.39, 0.29) is 24.1 Å². The van der Waals surface area contributed by atoms with Crippen LogP contribution < -0.4 is 5.32 Å². The van der Waals surface area contributed by atoms with E-state index in [1.54, 1.807) is 29.2 Å². The van der Waals surface area contributed by atoms with Crippen molar-refractivity contribution in [1.82, 2.24) is 15.2 Å². The zero-order valence-corrected chi connectivity index (χ0v) is 13.8. The van der Waals surface area contributed by atoms with E-state index < -0.39 is 0 Å². The van der Waals surface area contributed by atoms with Gasteiger partial charge in [-0.05, 0) is 38.1 Å².